The smallest absolute Gasteiger partial charge is 0.253 e. The summed E-state index contributed by atoms with van der Waals surface area (Å²) in [6, 6.07) is 5.89. The molecule has 5 aliphatic rings. The molecule has 180 valence electrons. The van der Waals surface area contributed by atoms with E-state index in [-0.39, 0.29) is 17.8 Å². The number of nitrogens with zero attached hydrogens (tertiary/aromatic N) is 3. The fourth-order valence-corrected chi connectivity index (χ4v) is 7.50. The predicted octanol–water partition coefficient (Wildman–Crippen LogP) is 4.67. The molecule has 35 heavy (non-hydrogen) atoms. The largest absolute Gasteiger partial charge is 0.370 e. The van der Waals surface area contributed by atoms with E-state index in [4.69, 9.17) is 0 Å². The number of rotatable bonds is 3. The van der Waals surface area contributed by atoms with Crippen molar-refractivity contribution >= 4 is 11.6 Å². The standard InChI is InChI=1S/C29H31FN4O/c30-26-11-28(34-14-16-1-2-17(7-16)15-34)25(12-31)21-5-4-20(10-23(21)26)33-29(35)19-9-24-22-8-18(22)3-6-27(24)32-13-19/h9,11,13,16-18,20,22H,1-8,10,14-15H2,(H,33,35)/t16?,17?,18-,20-,22+/m0/s1. The lowest BCUT2D eigenvalue weighted by Crippen LogP contribution is -2.40. The average molecular weight is 471 g/mol. The first-order valence-corrected chi connectivity index (χ1v) is 13.4. The van der Waals surface area contributed by atoms with Crippen molar-refractivity contribution in [3.8, 4) is 6.07 Å². The number of aromatic nitrogens is 1. The number of carbonyl (C=O) groups is 1. The summed E-state index contributed by atoms with van der Waals surface area (Å²) in [4.78, 5) is 19.9. The molecule has 4 aliphatic carbocycles. The van der Waals surface area contributed by atoms with E-state index in [0.29, 0.717) is 53.7 Å². The molecule has 3 fully saturated rings. The molecule has 0 radical (unpaired) electrons. The van der Waals surface area contributed by atoms with E-state index < -0.39 is 0 Å². The van der Waals surface area contributed by atoms with Crippen molar-refractivity contribution in [3.05, 3.63) is 57.7 Å². The number of nitriles is 1. The Morgan fingerprint density at radius 3 is 2.71 bits per heavy atom. The van der Waals surface area contributed by atoms with Crippen molar-refractivity contribution in [3.63, 3.8) is 0 Å². The van der Waals surface area contributed by atoms with Gasteiger partial charge >= 0.3 is 0 Å². The van der Waals surface area contributed by atoms with Crippen molar-refractivity contribution in [2.45, 2.75) is 69.7 Å². The van der Waals surface area contributed by atoms with E-state index in [2.05, 4.69) is 21.3 Å². The van der Waals surface area contributed by atoms with Gasteiger partial charge < -0.3 is 10.2 Å². The zero-order valence-electron chi connectivity index (χ0n) is 20.0. The number of aryl methyl sites for hydroxylation is 1. The van der Waals surface area contributed by atoms with Crippen molar-refractivity contribution in [1.29, 1.82) is 5.26 Å². The molecule has 5 nitrogen and oxygen atoms in total. The molecule has 6 heteroatoms. The van der Waals surface area contributed by atoms with Crippen LogP contribution in [0, 0.1) is 34.9 Å². The highest BCUT2D eigenvalue weighted by Gasteiger charge is 2.43. The molecule has 1 saturated heterocycles. The van der Waals surface area contributed by atoms with Gasteiger partial charge in [-0.15, -0.1) is 0 Å². The summed E-state index contributed by atoms with van der Waals surface area (Å²) in [6.07, 6.45) is 10.7. The number of halogens is 1. The summed E-state index contributed by atoms with van der Waals surface area (Å²) < 4.78 is 15.4. The molecule has 1 aliphatic heterocycles. The van der Waals surface area contributed by atoms with Crippen LogP contribution in [0.1, 0.15) is 82.7 Å². The minimum atomic E-state index is -0.235. The van der Waals surface area contributed by atoms with E-state index in [1.54, 1.807) is 12.3 Å². The quantitative estimate of drug-likeness (QED) is 0.708. The lowest BCUT2D eigenvalue weighted by atomic mass is 9.83. The van der Waals surface area contributed by atoms with E-state index >= 15 is 4.39 Å². The first kappa shape index (κ1) is 21.4. The van der Waals surface area contributed by atoms with Gasteiger partial charge in [0.15, 0.2) is 0 Å². The van der Waals surface area contributed by atoms with Crippen LogP contribution in [-0.4, -0.2) is 30.0 Å². The second-order valence-electron chi connectivity index (χ2n) is 11.6. The molecule has 2 heterocycles. The summed E-state index contributed by atoms with van der Waals surface area (Å²) >= 11 is 0. The highest BCUT2D eigenvalue weighted by molar-refractivity contribution is 5.94. The number of nitrogens with one attached hydrogen (secondary N) is 1. The molecule has 2 bridgehead atoms. The minimum Gasteiger partial charge on any atom is -0.370 e. The van der Waals surface area contributed by atoms with E-state index in [1.165, 1.54) is 37.7 Å². The second kappa shape index (κ2) is 8.05. The van der Waals surface area contributed by atoms with Gasteiger partial charge in [0.25, 0.3) is 5.91 Å². The van der Waals surface area contributed by atoms with Crippen molar-refractivity contribution in [2.75, 3.05) is 18.0 Å². The Bertz CT molecular complexity index is 1250. The molecule has 1 aromatic carbocycles. The highest BCUT2D eigenvalue weighted by atomic mass is 19.1. The van der Waals surface area contributed by atoms with E-state index in [1.807, 2.05) is 6.07 Å². The van der Waals surface area contributed by atoms with Gasteiger partial charge in [-0.2, -0.15) is 5.26 Å². The number of fused-ring (bicyclic) bond motifs is 6. The first-order chi connectivity index (χ1) is 17.1. The van der Waals surface area contributed by atoms with Gasteiger partial charge in [-0.3, -0.25) is 9.78 Å². The molecule has 7 rings (SSSR count). The fourth-order valence-electron chi connectivity index (χ4n) is 7.50. The van der Waals surface area contributed by atoms with E-state index in [9.17, 15) is 10.1 Å². The van der Waals surface area contributed by atoms with Gasteiger partial charge in [0.05, 0.1) is 16.8 Å². The lowest BCUT2D eigenvalue weighted by molar-refractivity contribution is 0.0932. The maximum absolute atomic E-state index is 15.4. The van der Waals surface area contributed by atoms with Crippen molar-refractivity contribution in [1.82, 2.24) is 10.3 Å². The lowest BCUT2D eigenvalue weighted by Gasteiger charge is -2.36. The molecule has 2 aromatic rings. The van der Waals surface area contributed by atoms with Crippen LogP contribution in [-0.2, 0) is 19.3 Å². The number of piperidine rings is 1. The van der Waals surface area contributed by atoms with Gasteiger partial charge in [0, 0.05) is 31.0 Å². The normalized spacial score (nSPS) is 30.1. The number of anilines is 1. The summed E-state index contributed by atoms with van der Waals surface area (Å²) in [6.45, 7) is 1.86. The Morgan fingerprint density at radius 2 is 1.91 bits per heavy atom. The monoisotopic (exact) mass is 470 g/mol. The van der Waals surface area contributed by atoms with Crippen LogP contribution >= 0.6 is 0 Å². The number of hydrogen-bond acceptors (Lipinski definition) is 4. The third-order valence-corrected chi connectivity index (χ3v) is 9.40. The predicted molar refractivity (Wildman–Crippen MR) is 131 cm³/mol. The van der Waals surface area contributed by atoms with Gasteiger partial charge in [0.1, 0.15) is 11.9 Å². The molecule has 1 N–H and O–H groups in total. The van der Waals surface area contributed by atoms with Crippen LogP contribution in [0.25, 0.3) is 0 Å². The van der Waals surface area contributed by atoms with Crippen LogP contribution in [0.15, 0.2) is 18.3 Å². The number of benzene rings is 1. The Kier molecular flexibility index (Phi) is 4.91. The maximum Gasteiger partial charge on any atom is 0.253 e. The molecular weight excluding hydrogens is 439 g/mol. The summed E-state index contributed by atoms with van der Waals surface area (Å²) in [5.74, 6) is 2.34. The minimum absolute atomic E-state index is 0.127. The summed E-state index contributed by atoms with van der Waals surface area (Å²) in [5.41, 5.74) is 5.89. The second-order valence-corrected chi connectivity index (χ2v) is 11.6. The third-order valence-electron chi connectivity index (χ3n) is 9.40. The highest BCUT2D eigenvalue weighted by Crippen LogP contribution is 2.54. The van der Waals surface area contributed by atoms with Crippen molar-refractivity contribution < 1.29 is 9.18 Å². The van der Waals surface area contributed by atoms with Crippen LogP contribution < -0.4 is 10.2 Å². The molecular formula is C29H31FN4O. The average Bonchev–Trinajstić information content (AvgIpc) is 3.61. The molecule has 2 unspecified atom stereocenters. The zero-order chi connectivity index (χ0) is 23.7. The van der Waals surface area contributed by atoms with Crippen molar-refractivity contribution in [2.24, 2.45) is 17.8 Å². The van der Waals surface area contributed by atoms with Crippen LogP contribution in [0.4, 0.5) is 10.1 Å². The number of amides is 1. The van der Waals surface area contributed by atoms with E-state index in [0.717, 1.165) is 42.4 Å². The van der Waals surface area contributed by atoms with Crippen LogP contribution in [0.5, 0.6) is 0 Å². The number of pyridine rings is 1. The Labute approximate surface area is 205 Å². The first-order valence-electron chi connectivity index (χ1n) is 13.4. The van der Waals surface area contributed by atoms with Gasteiger partial charge in [-0.05, 0) is 110 Å². The molecule has 0 spiro atoms. The Morgan fingerprint density at radius 1 is 1.09 bits per heavy atom. The molecule has 1 amide bonds. The molecule has 5 atom stereocenters. The van der Waals surface area contributed by atoms with Gasteiger partial charge in [0.2, 0.25) is 0 Å². The molecule has 2 saturated carbocycles. The molecule has 1 aromatic heterocycles. The number of hydrogen-bond donors (Lipinski definition) is 1. The zero-order valence-corrected chi connectivity index (χ0v) is 20.0. The van der Waals surface area contributed by atoms with Crippen LogP contribution in [0.2, 0.25) is 0 Å². The number of carbonyl (C=O) groups excluding carboxylic acids is 1. The Balaban J connectivity index is 1.11. The fraction of sp³-hybridized carbons (Fsp3) is 0.552. The van der Waals surface area contributed by atoms with Gasteiger partial charge in [-0.1, -0.05) is 0 Å². The summed E-state index contributed by atoms with van der Waals surface area (Å²) in [5, 5.41) is 13.2. The topological polar surface area (TPSA) is 69.0 Å². The third kappa shape index (κ3) is 3.63. The van der Waals surface area contributed by atoms with Crippen LogP contribution in [0.3, 0.4) is 0 Å². The maximum atomic E-state index is 15.4. The SMILES string of the molecule is N#Cc1c(N2CC3CCC(C3)C2)cc(F)c2c1CC[C@H](NC(=O)c1cnc3c(c1)[C@@H]1C[C@@H]1CC3)C2. The Hall–Kier alpha value is -2.94. The van der Waals surface area contributed by atoms with Gasteiger partial charge in [-0.25, -0.2) is 4.39 Å². The summed E-state index contributed by atoms with van der Waals surface area (Å²) in [7, 11) is 0.